The Labute approximate surface area is 280 Å². The van der Waals surface area contributed by atoms with Crippen LogP contribution in [-0.4, -0.2) is 47.1 Å². The second-order valence-electron chi connectivity index (χ2n) is 11.2. The molecule has 0 radical (unpaired) electrons. The number of fused-ring (bicyclic) bond motifs is 1. The Kier molecular flexibility index (Phi) is 9.22. The number of rotatable bonds is 9. The number of hydrogen-bond acceptors (Lipinski definition) is 9. The molecule has 10 nitrogen and oxygen atoms in total. The van der Waals surface area contributed by atoms with Crippen molar-refractivity contribution in [2.24, 2.45) is 4.99 Å². The zero-order chi connectivity index (χ0) is 33.9. The van der Waals surface area contributed by atoms with Gasteiger partial charge in [0.1, 0.15) is 11.4 Å². The van der Waals surface area contributed by atoms with Crippen molar-refractivity contribution >= 4 is 29.4 Å². The fraction of sp³-hybridized carbons (Fsp3) is 0.216. The van der Waals surface area contributed by atoms with Crippen LogP contribution in [0.2, 0.25) is 0 Å². The second kappa shape index (κ2) is 13.7. The Balaban J connectivity index is 1.52. The fourth-order valence-corrected chi connectivity index (χ4v) is 6.71. The summed E-state index contributed by atoms with van der Waals surface area (Å²) in [5.74, 6) is -0.273. The van der Waals surface area contributed by atoms with E-state index in [2.05, 4.69) is 11.9 Å². The molecule has 0 amide bonds. The molecule has 3 aromatic carbocycles. The molecule has 0 spiro atoms. The molecule has 48 heavy (non-hydrogen) atoms. The molecule has 244 valence electrons. The van der Waals surface area contributed by atoms with E-state index >= 15 is 0 Å². The third-order valence-electron chi connectivity index (χ3n) is 8.03. The highest BCUT2D eigenvalue weighted by molar-refractivity contribution is 7.07. The summed E-state index contributed by atoms with van der Waals surface area (Å²) < 4.78 is 19.6. The van der Waals surface area contributed by atoms with Crippen molar-refractivity contribution in [2.45, 2.75) is 33.2 Å². The second-order valence-corrected chi connectivity index (χ2v) is 12.2. The van der Waals surface area contributed by atoms with Gasteiger partial charge in [-0.25, -0.2) is 19.3 Å². The highest BCUT2D eigenvalue weighted by atomic mass is 32.1. The number of esters is 2. The van der Waals surface area contributed by atoms with Crippen LogP contribution in [0.25, 0.3) is 23.0 Å². The Hall–Kier alpha value is -5.55. The number of thiazole rings is 1. The molecule has 1 unspecified atom stereocenters. The van der Waals surface area contributed by atoms with E-state index in [0.29, 0.717) is 38.5 Å². The van der Waals surface area contributed by atoms with Gasteiger partial charge in [0.2, 0.25) is 0 Å². The first-order chi connectivity index (χ1) is 23.2. The Morgan fingerprint density at radius 3 is 2.35 bits per heavy atom. The summed E-state index contributed by atoms with van der Waals surface area (Å²) >= 11 is 1.23. The van der Waals surface area contributed by atoms with E-state index in [1.54, 1.807) is 35.9 Å². The van der Waals surface area contributed by atoms with Crippen molar-refractivity contribution in [3.05, 3.63) is 132 Å². The Morgan fingerprint density at radius 1 is 0.958 bits per heavy atom. The molecule has 11 heteroatoms. The summed E-state index contributed by atoms with van der Waals surface area (Å²) in [5, 5.41) is 4.95. The van der Waals surface area contributed by atoms with E-state index in [1.807, 2.05) is 67.7 Å². The molecular weight excluding hydrogens is 628 g/mol. The average Bonchev–Trinajstić information content (AvgIpc) is 3.67. The van der Waals surface area contributed by atoms with E-state index < -0.39 is 18.0 Å². The van der Waals surface area contributed by atoms with Gasteiger partial charge in [-0.3, -0.25) is 9.36 Å². The van der Waals surface area contributed by atoms with Crippen molar-refractivity contribution in [3.63, 3.8) is 0 Å². The predicted octanol–water partition coefficient (Wildman–Crippen LogP) is 5.14. The van der Waals surface area contributed by atoms with Crippen LogP contribution in [0.4, 0.5) is 0 Å². The number of methoxy groups -OCH3 is 2. The van der Waals surface area contributed by atoms with Gasteiger partial charge in [0.05, 0.1) is 53.9 Å². The third-order valence-corrected chi connectivity index (χ3v) is 9.02. The lowest BCUT2D eigenvalue weighted by atomic mass is 9.95. The number of carbonyl (C=O) groups is 2. The maximum Gasteiger partial charge on any atom is 0.338 e. The number of aromatic nitrogens is 3. The van der Waals surface area contributed by atoms with Crippen molar-refractivity contribution in [1.82, 2.24) is 14.3 Å². The monoisotopic (exact) mass is 662 g/mol. The topological polar surface area (TPSA) is 114 Å². The van der Waals surface area contributed by atoms with E-state index in [1.165, 1.54) is 30.1 Å². The van der Waals surface area contributed by atoms with Crippen LogP contribution in [0.15, 0.2) is 100 Å². The molecule has 0 N–H and O–H groups in total. The number of carbonyl (C=O) groups excluding carboxylic acids is 2. The lowest BCUT2D eigenvalue weighted by Crippen LogP contribution is -2.39. The zero-order valence-electron chi connectivity index (χ0n) is 27.2. The van der Waals surface area contributed by atoms with Gasteiger partial charge in [-0.15, -0.1) is 0 Å². The maximum absolute atomic E-state index is 14.3. The van der Waals surface area contributed by atoms with E-state index in [0.717, 1.165) is 34.5 Å². The number of para-hydroxylation sites is 1. The van der Waals surface area contributed by atoms with Crippen molar-refractivity contribution in [3.8, 4) is 22.7 Å². The number of allylic oxidation sites excluding steroid dienone is 1. The molecule has 3 heterocycles. The molecule has 2 aromatic heterocycles. The van der Waals surface area contributed by atoms with Gasteiger partial charge < -0.3 is 14.2 Å². The van der Waals surface area contributed by atoms with E-state index in [4.69, 9.17) is 19.3 Å². The third kappa shape index (κ3) is 6.12. The zero-order valence-corrected chi connectivity index (χ0v) is 28.0. The fourth-order valence-electron chi connectivity index (χ4n) is 5.67. The number of aryl methyl sites for hydroxylation is 1. The molecule has 1 atom stereocenters. The van der Waals surface area contributed by atoms with Gasteiger partial charge in [0.15, 0.2) is 4.80 Å². The molecule has 0 aliphatic carbocycles. The molecule has 0 bridgehead atoms. The van der Waals surface area contributed by atoms with Crippen molar-refractivity contribution in [1.29, 1.82) is 0 Å². The molecule has 6 rings (SSSR count). The number of nitrogens with zero attached hydrogens (tertiary/aromatic N) is 4. The van der Waals surface area contributed by atoms with Gasteiger partial charge in [0.25, 0.3) is 5.56 Å². The van der Waals surface area contributed by atoms with Gasteiger partial charge in [0, 0.05) is 17.3 Å². The molecule has 5 aromatic rings. The largest absolute Gasteiger partial charge is 0.493 e. The van der Waals surface area contributed by atoms with Gasteiger partial charge in [-0.2, -0.15) is 5.10 Å². The molecule has 0 saturated carbocycles. The molecule has 1 aliphatic heterocycles. The SMILES string of the molecule is CCCOc1ccc(-c2nn(-c3ccccc3)cc2/C=c2\sc3n(c2=O)C(c2ccc(C(=O)OC)cc2)C(C(=O)OC)=C(C)N=3)cc1C. The molecule has 0 fully saturated rings. The maximum atomic E-state index is 14.3. The molecular formula is C37H34N4O6S. The van der Waals surface area contributed by atoms with Gasteiger partial charge in [-0.1, -0.05) is 48.6 Å². The molecule has 0 saturated heterocycles. The van der Waals surface area contributed by atoms with Crippen LogP contribution in [0.3, 0.4) is 0 Å². The highest BCUT2D eigenvalue weighted by Gasteiger charge is 2.33. The summed E-state index contributed by atoms with van der Waals surface area (Å²) in [5.41, 5.74) is 5.45. The van der Waals surface area contributed by atoms with Gasteiger partial charge in [-0.05, 0) is 79.9 Å². The minimum Gasteiger partial charge on any atom is -0.493 e. The number of hydrogen-bond donors (Lipinski definition) is 0. The van der Waals surface area contributed by atoms with Crippen LogP contribution in [-0.2, 0) is 14.3 Å². The summed E-state index contributed by atoms with van der Waals surface area (Å²) in [6.07, 6.45) is 4.62. The molecule has 1 aliphatic rings. The lowest BCUT2D eigenvalue weighted by molar-refractivity contribution is -0.136. The standard InChI is InChI=1S/C37H34N4O6S/c1-6-18-47-29-17-16-26(19-22(29)2)32-27(21-40(39-32)28-10-8-7-9-11-28)20-30-34(42)41-33(24-12-14-25(15-13-24)35(43)45-4)31(36(44)46-5)23(3)38-37(41)48-30/h7-17,19-21,33H,6,18H2,1-5H3/b30-20-. The van der Waals surface area contributed by atoms with Crippen molar-refractivity contribution < 1.29 is 23.8 Å². The smallest absolute Gasteiger partial charge is 0.338 e. The van der Waals surface area contributed by atoms with E-state index in [-0.39, 0.29) is 11.1 Å². The van der Waals surface area contributed by atoms with Crippen LogP contribution in [0, 0.1) is 6.92 Å². The van der Waals surface area contributed by atoms with Crippen LogP contribution >= 0.6 is 11.3 Å². The minimum absolute atomic E-state index is 0.237. The van der Waals surface area contributed by atoms with Crippen LogP contribution in [0.5, 0.6) is 5.75 Å². The Morgan fingerprint density at radius 2 is 1.69 bits per heavy atom. The first-order valence-electron chi connectivity index (χ1n) is 15.4. The summed E-state index contributed by atoms with van der Waals surface area (Å²) in [4.78, 5) is 44.6. The number of ether oxygens (including phenoxy) is 3. The minimum atomic E-state index is -0.827. The van der Waals surface area contributed by atoms with Crippen LogP contribution in [0.1, 0.15) is 53.4 Å². The highest BCUT2D eigenvalue weighted by Crippen LogP contribution is 2.32. The summed E-state index contributed by atoms with van der Waals surface area (Å²) in [6.45, 7) is 6.41. The first-order valence-corrected chi connectivity index (χ1v) is 16.2. The van der Waals surface area contributed by atoms with Crippen LogP contribution < -0.4 is 19.6 Å². The Bertz CT molecular complexity index is 2230. The predicted molar refractivity (Wildman–Crippen MR) is 183 cm³/mol. The summed E-state index contributed by atoms with van der Waals surface area (Å²) in [7, 11) is 2.60. The lowest BCUT2D eigenvalue weighted by Gasteiger charge is -2.24. The quantitative estimate of drug-likeness (QED) is 0.201. The number of benzene rings is 3. The van der Waals surface area contributed by atoms with Crippen molar-refractivity contribution in [2.75, 3.05) is 20.8 Å². The van der Waals surface area contributed by atoms with Gasteiger partial charge >= 0.3 is 11.9 Å². The average molecular weight is 663 g/mol. The van der Waals surface area contributed by atoms with E-state index in [9.17, 15) is 14.4 Å². The summed E-state index contributed by atoms with van der Waals surface area (Å²) in [6, 6.07) is 21.5. The normalized spacial score (nSPS) is 14.4. The first kappa shape index (κ1) is 32.4.